The van der Waals surface area contributed by atoms with Crippen LogP contribution in [0.25, 0.3) is 15.8 Å². The third-order valence-electron chi connectivity index (χ3n) is 3.94. The molecule has 2 aromatic carbocycles. The highest BCUT2D eigenvalue weighted by Gasteiger charge is 2.21. The number of hydrogen-bond donors (Lipinski definition) is 0. The summed E-state index contributed by atoms with van der Waals surface area (Å²) < 4.78 is 15.7. The van der Waals surface area contributed by atoms with E-state index in [2.05, 4.69) is 9.69 Å². The molecule has 5 heteroatoms. The molecule has 1 unspecified atom stereocenters. The van der Waals surface area contributed by atoms with Gasteiger partial charge < -0.3 is 19.1 Å². The number of ether oxygens (including phenoxy) is 3. The Hall–Kier alpha value is -3.44. The maximum atomic E-state index is 7.50. The van der Waals surface area contributed by atoms with Crippen LogP contribution >= 0.6 is 0 Å². The van der Waals surface area contributed by atoms with Crippen molar-refractivity contribution in [1.82, 2.24) is 0 Å². The molecule has 132 valence electrons. The third-order valence-corrected chi connectivity index (χ3v) is 3.94. The molecule has 0 amide bonds. The average Bonchev–Trinajstić information content (AvgIpc) is 2.70. The molecule has 0 fully saturated rings. The smallest absolute Gasteiger partial charge is 0.265 e. The van der Waals surface area contributed by atoms with Crippen molar-refractivity contribution in [3.05, 3.63) is 82.1 Å². The lowest BCUT2D eigenvalue weighted by Gasteiger charge is -2.09. The van der Waals surface area contributed by atoms with E-state index < -0.39 is 6.04 Å². The van der Waals surface area contributed by atoms with Crippen molar-refractivity contribution >= 4 is 6.08 Å². The summed E-state index contributed by atoms with van der Waals surface area (Å²) in [6.07, 6.45) is 2.19. The van der Waals surface area contributed by atoms with Crippen molar-refractivity contribution in [2.75, 3.05) is 21.3 Å². The summed E-state index contributed by atoms with van der Waals surface area (Å²) in [7, 11) is 4.74. The Kier molecular flexibility index (Phi) is 6.65. The fourth-order valence-electron chi connectivity index (χ4n) is 2.52. The first-order valence-electron chi connectivity index (χ1n) is 7.95. The van der Waals surface area contributed by atoms with Crippen LogP contribution in [0.2, 0.25) is 0 Å². The average molecular weight is 348 g/mol. The summed E-state index contributed by atoms with van der Waals surface area (Å²) in [6, 6.07) is 12.4. The van der Waals surface area contributed by atoms with Gasteiger partial charge in [-0.15, -0.1) is 0 Å². The van der Waals surface area contributed by atoms with Gasteiger partial charge in [-0.05, 0) is 41.5 Å². The van der Waals surface area contributed by atoms with Crippen LogP contribution in [0.15, 0.2) is 48.2 Å². The monoisotopic (exact) mass is 348 g/mol. The minimum absolute atomic E-state index is 0.392. The number of benzene rings is 2. The summed E-state index contributed by atoms with van der Waals surface area (Å²) in [6.45, 7) is 15.0. The zero-order valence-electron chi connectivity index (χ0n) is 15.0. The molecule has 5 nitrogen and oxygen atoms in total. The van der Waals surface area contributed by atoms with Crippen LogP contribution in [0.4, 0.5) is 0 Å². The van der Waals surface area contributed by atoms with Crippen LogP contribution < -0.4 is 14.2 Å². The van der Waals surface area contributed by atoms with Crippen LogP contribution in [-0.2, 0) is 6.42 Å². The molecule has 0 radical (unpaired) electrons. The molecule has 0 heterocycles. The molecule has 0 spiro atoms. The van der Waals surface area contributed by atoms with E-state index in [1.54, 1.807) is 39.5 Å². The van der Waals surface area contributed by atoms with Gasteiger partial charge >= 0.3 is 0 Å². The van der Waals surface area contributed by atoms with Crippen molar-refractivity contribution in [3.63, 3.8) is 0 Å². The zero-order valence-corrected chi connectivity index (χ0v) is 15.0. The Morgan fingerprint density at radius 1 is 0.962 bits per heavy atom. The molecule has 0 N–H and O–H groups in total. The minimum atomic E-state index is -0.547. The van der Waals surface area contributed by atoms with Crippen molar-refractivity contribution < 1.29 is 14.2 Å². The Balaban J connectivity index is 2.27. The number of methoxy groups -OCH3 is 3. The molecule has 2 rings (SSSR count). The van der Waals surface area contributed by atoms with E-state index in [4.69, 9.17) is 27.4 Å². The lowest BCUT2D eigenvalue weighted by atomic mass is 10.0. The largest absolute Gasteiger partial charge is 0.497 e. The standard InChI is InChI=1S/C21H20N2O3/c1-22-18(12-15-6-9-17(24-3)10-7-15)19(23-2)13-16-8-11-20(25-4)21(14-16)26-5/h6-11,13-14,18H,12H2,3-5H3/b19-13-. The van der Waals surface area contributed by atoms with Crippen molar-refractivity contribution in [2.24, 2.45) is 0 Å². The van der Waals surface area contributed by atoms with E-state index in [0.29, 0.717) is 23.6 Å². The van der Waals surface area contributed by atoms with Crippen LogP contribution in [0.3, 0.4) is 0 Å². The molecular weight excluding hydrogens is 328 g/mol. The van der Waals surface area contributed by atoms with Gasteiger partial charge in [-0.2, -0.15) is 0 Å². The second-order valence-electron chi connectivity index (χ2n) is 5.49. The summed E-state index contributed by atoms with van der Waals surface area (Å²) in [5, 5.41) is 0. The van der Waals surface area contributed by atoms with Crippen molar-refractivity contribution in [1.29, 1.82) is 0 Å². The van der Waals surface area contributed by atoms with E-state index in [-0.39, 0.29) is 0 Å². The van der Waals surface area contributed by atoms with Gasteiger partial charge in [0.1, 0.15) is 5.75 Å². The van der Waals surface area contributed by atoms with E-state index in [1.807, 2.05) is 30.3 Å². The molecule has 0 aliphatic heterocycles. The molecule has 0 saturated heterocycles. The highest BCUT2D eigenvalue weighted by molar-refractivity contribution is 5.61. The zero-order chi connectivity index (χ0) is 18.9. The predicted octanol–water partition coefficient (Wildman–Crippen LogP) is 4.50. The van der Waals surface area contributed by atoms with Crippen LogP contribution in [-0.4, -0.2) is 27.4 Å². The first-order chi connectivity index (χ1) is 12.6. The highest BCUT2D eigenvalue weighted by Crippen LogP contribution is 2.29. The van der Waals surface area contributed by atoms with Gasteiger partial charge in [0.15, 0.2) is 11.5 Å². The summed E-state index contributed by atoms with van der Waals surface area (Å²) in [4.78, 5) is 7.23. The molecular formula is C21H20N2O3. The predicted molar refractivity (Wildman–Crippen MR) is 101 cm³/mol. The Morgan fingerprint density at radius 3 is 2.19 bits per heavy atom. The first kappa shape index (κ1) is 18.9. The van der Waals surface area contributed by atoms with Gasteiger partial charge in [0.2, 0.25) is 5.70 Å². The topological polar surface area (TPSA) is 36.4 Å². The SMILES string of the molecule is [C-]#[N+]/C(=C\c1ccc(OC)c(OC)c1)C(Cc1ccc(OC)cc1)[N+]#[C-]. The van der Waals surface area contributed by atoms with Gasteiger partial charge in [-0.25, -0.2) is 11.4 Å². The van der Waals surface area contributed by atoms with E-state index in [9.17, 15) is 0 Å². The quantitative estimate of drug-likeness (QED) is 0.691. The lowest BCUT2D eigenvalue weighted by molar-refractivity contribution is 0.355. The van der Waals surface area contributed by atoms with E-state index in [1.165, 1.54) is 0 Å². The Bertz CT molecular complexity index is 858. The first-order valence-corrected chi connectivity index (χ1v) is 7.95. The van der Waals surface area contributed by atoms with Gasteiger partial charge in [0.25, 0.3) is 6.04 Å². The fourth-order valence-corrected chi connectivity index (χ4v) is 2.52. The summed E-state index contributed by atoms with van der Waals surface area (Å²) in [5.74, 6) is 1.97. The van der Waals surface area contributed by atoms with E-state index >= 15 is 0 Å². The second kappa shape index (κ2) is 9.15. The number of hydrogen-bond acceptors (Lipinski definition) is 3. The molecule has 26 heavy (non-hydrogen) atoms. The van der Waals surface area contributed by atoms with Gasteiger partial charge in [0, 0.05) is 6.42 Å². The van der Waals surface area contributed by atoms with Crippen LogP contribution in [0.5, 0.6) is 17.2 Å². The molecule has 0 aromatic heterocycles. The lowest BCUT2D eigenvalue weighted by Crippen LogP contribution is -2.08. The van der Waals surface area contributed by atoms with Crippen molar-refractivity contribution in [2.45, 2.75) is 12.5 Å². The van der Waals surface area contributed by atoms with Crippen molar-refractivity contribution in [3.8, 4) is 17.2 Å². The molecule has 0 aliphatic rings. The van der Waals surface area contributed by atoms with E-state index in [0.717, 1.165) is 16.9 Å². The van der Waals surface area contributed by atoms with Crippen LogP contribution in [0, 0.1) is 13.1 Å². The maximum absolute atomic E-state index is 7.50. The van der Waals surface area contributed by atoms with Crippen LogP contribution in [0.1, 0.15) is 11.1 Å². The van der Waals surface area contributed by atoms with Gasteiger partial charge in [0.05, 0.1) is 27.9 Å². The maximum Gasteiger partial charge on any atom is 0.265 e. The molecule has 0 aliphatic carbocycles. The highest BCUT2D eigenvalue weighted by atomic mass is 16.5. The molecule has 0 bridgehead atoms. The Labute approximate surface area is 154 Å². The molecule has 2 aromatic rings. The number of rotatable bonds is 7. The normalized spacial score (nSPS) is 11.8. The summed E-state index contributed by atoms with van der Waals surface area (Å²) in [5.41, 5.74) is 2.16. The molecule has 1 atom stereocenters. The minimum Gasteiger partial charge on any atom is -0.497 e. The fraction of sp³-hybridized carbons (Fsp3) is 0.238. The number of nitrogens with zero attached hydrogens (tertiary/aromatic N) is 2. The Morgan fingerprint density at radius 2 is 1.65 bits per heavy atom. The molecule has 0 saturated carbocycles. The van der Waals surface area contributed by atoms with Gasteiger partial charge in [-0.3, -0.25) is 0 Å². The van der Waals surface area contributed by atoms with Gasteiger partial charge in [-0.1, -0.05) is 18.2 Å². The third kappa shape index (κ3) is 4.55. The second-order valence-corrected chi connectivity index (χ2v) is 5.49. The summed E-state index contributed by atoms with van der Waals surface area (Å²) >= 11 is 0.